The molecule has 1 aliphatic heterocycles. The van der Waals surface area contributed by atoms with Crippen molar-refractivity contribution in [1.82, 2.24) is 30.2 Å². The highest BCUT2D eigenvalue weighted by Gasteiger charge is 2.48. The van der Waals surface area contributed by atoms with Crippen LogP contribution in [0.25, 0.3) is 0 Å². The van der Waals surface area contributed by atoms with Crippen LogP contribution in [0.4, 0.5) is 10.1 Å². The molecule has 1 saturated heterocycles. The topological polar surface area (TPSA) is 132 Å². The fraction of sp³-hybridized carbons (Fsp3) is 0.625. The molecule has 4 atom stereocenters. The molecular formula is C32H46FN7O4. The van der Waals surface area contributed by atoms with Crippen LogP contribution in [0, 0.1) is 23.6 Å². The van der Waals surface area contributed by atoms with Crippen LogP contribution < -0.4 is 16.0 Å². The Hall–Kier alpha value is -3.35. The second kappa shape index (κ2) is 13.7. The molecule has 1 aromatic heterocycles. The first-order valence-electron chi connectivity index (χ1n) is 15.9. The summed E-state index contributed by atoms with van der Waals surface area (Å²) < 4.78 is 17.2. The lowest BCUT2D eigenvalue weighted by atomic mass is 9.88. The molecule has 2 aliphatic carbocycles. The molecule has 12 heteroatoms. The summed E-state index contributed by atoms with van der Waals surface area (Å²) in [5.41, 5.74) is 1.10. The Kier molecular flexibility index (Phi) is 10.0. The highest BCUT2D eigenvalue weighted by Crippen LogP contribution is 2.51. The summed E-state index contributed by atoms with van der Waals surface area (Å²) >= 11 is 0. The van der Waals surface area contributed by atoms with Gasteiger partial charge < -0.3 is 25.5 Å². The Morgan fingerprint density at radius 2 is 1.68 bits per heavy atom. The number of benzene rings is 1. The van der Waals surface area contributed by atoms with Crippen LogP contribution in [0.1, 0.15) is 69.4 Å². The van der Waals surface area contributed by atoms with Crippen LogP contribution in [-0.2, 0) is 21.4 Å². The Balaban J connectivity index is 1.33. The lowest BCUT2D eigenvalue weighted by Crippen LogP contribution is -2.55. The molecule has 0 bridgehead atoms. The van der Waals surface area contributed by atoms with Gasteiger partial charge >= 0.3 is 0 Å². The number of carbonyl (C=O) groups excluding carboxylic acids is 3. The smallest absolute Gasteiger partial charge is 0.245 e. The monoisotopic (exact) mass is 611 g/mol. The highest BCUT2D eigenvalue weighted by atomic mass is 19.1. The van der Waals surface area contributed by atoms with Gasteiger partial charge in [0.05, 0.1) is 17.4 Å². The molecule has 4 N–H and O–H groups in total. The van der Waals surface area contributed by atoms with Crippen molar-refractivity contribution in [1.29, 1.82) is 0 Å². The van der Waals surface area contributed by atoms with Crippen molar-refractivity contribution in [2.24, 2.45) is 24.8 Å². The standard InChI is InChI=1S/C32H46FN7O4/c1-5-26(41)36-28(32(44)40-16-14-38(3)15-17-40)19(2)22-10-11-24(23(33)18-22)35-31(43)29(27(20-6-7-20)21-8-9-21)37-30(42)25-12-13-34-39(25)4/h10-13,18-21,27-30,37,42H,5-9,14-17H2,1-4H3,(H,35,43)(H,36,41)/t19-,28+,29-,30?/m0/s1. The van der Waals surface area contributed by atoms with Gasteiger partial charge in [0.2, 0.25) is 17.7 Å². The van der Waals surface area contributed by atoms with Crippen molar-refractivity contribution < 1.29 is 23.9 Å². The number of hydrogen-bond donors (Lipinski definition) is 4. The number of amides is 3. The van der Waals surface area contributed by atoms with E-state index in [0.29, 0.717) is 36.2 Å². The second-order valence-corrected chi connectivity index (χ2v) is 12.7. The van der Waals surface area contributed by atoms with Crippen LogP contribution in [0.3, 0.4) is 0 Å². The number of rotatable bonds is 13. The maximum atomic E-state index is 15.6. The van der Waals surface area contributed by atoms with Crippen molar-refractivity contribution >= 4 is 23.4 Å². The van der Waals surface area contributed by atoms with E-state index in [4.69, 9.17) is 0 Å². The number of aromatic nitrogens is 2. The molecule has 11 nitrogen and oxygen atoms in total. The number of nitrogens with zero attached hydrogens (tertiary/aromatic N) is 4. The number of hydrogen-bond acceptors (Lipinski definition) is 7. The van der Waals surface area contributed by atoms with Gasteiger partial charge in [0.1, 0.15) is 18.1 Å². The van der Waals surface area contributed by atoms with Gasteiger partial charge in [-0.25, -0.2) is 4.39 Å². The van der Waals surface area contributed by atoms with Gasteiger partial charge in [0.15, 0.2) is 0 Å². The molecule has 2 saturated carbocycles. The van der Waals surface area contributed by atoms with E-state index in [1.165, 1.54) is 12.1 Å². The van der Waals surface area contributed by atoms with Crippen LogP contribution in [0.5, 0.6) is 0 Å². The SMILES string of the molecule is CCC(=O)N[C@@H](C(=O)N1CCN(C)CC1)[C@@H](C)c1ccc(NC(=O)[C@@H](NC(O)c2ccnn2C)C(C2CC2)C2CC2)c(F)c1. The van der Waals surface area contributed by atoms with Crippen LogP contribution >= 0.6 is 0 Å². The molecule has 2 heterocycles. The molecule has 3 aliphatic rings. The molecule has 44 heavy (non-hydrogen) atoms. The zero-order valence-electron chi connectivity index (χ0n) is 26.1. The number of likely N-dealkylation sites (N-methyl/N-ethyl adjacent to an activating group) is 1. The number of aliphatic hydroxyl groups excluding tert-OH is 1. The second-order valence-electron chi connectivity index (χ2n) is 12.7. The van der Waals surface area contributed by atoms with Gasteiger partial charge in [-0.2, -0.15) is 5.10 Å². The number of aryl methyl sites for hydroxylation is 1. The third kappa shape index (κ3) is 7.47. The third-order valence-corrected chi connectivity index (χ3v) is 9.47. The van der Waals surface area contributed by atoms with Gasteiger partial charge in [-0.15, -0.1) is 0 Å². The summed E-state index contributed by atoms with van der Waals surface area (Å²) in [6.07, 6.45) is 4.86. The first-order chi connectivity index (χ1) is 21.1. The average molecular weight is 612 g/mol. The van der Waals surface area contributed by atoms with E-state index < -0.39 is 36.0 Å². The van der Waals surface area contributed by atoms with E-state index in [9.17, 15) is 19.5 Å². The van der Waals surface area contributed by atoms with Gasteiger partial charge in [0.25, 0.3) is 0 Å². The van der Waals surface area contributed by atoms with Gasteiger partial charge in [-0.05, 0) is 74.2 Å². The van der Waals surface area contributed by atoms with Gasteiger partial charge in [0, 0.05) is 51.8 Å². The molecule has 1 unspecified atom stereocenters. The van der Waals surface area contributed by atoms with Crippen LogP contribution in [0.2, 0.25) is 0 Å². The molecular weight excluding hydrogens is 565 g/mol. The molecule has 1 aromatic carbocycles. The summed E-state index contributed by atoms with van der Waals surface area (Å²) in [6, 6.07) is 4.67. The summed E-state index contributed by atoms with van der Waals surface area (Å²) in [7, 11) is 3.73. The first-order valence-corrected chi connectivity index (χ1v) is 15.9. The average Bonchev–Trinajstić information content (AvgIpc) is 3.96. The Labute approximate surface area is 258 Å². The Morgan fingerprint density at radius 1 is 1.02 bits per heavy atom. The van der Waals surface area contributed by atoms with Crippen molar-refractivity contribution in [3.63, 3.8) is 0 Å². The molecule has 240 valence electrons. The van der Waals surface area contributed by atoms with Crippen LogP contribution in [0.15, 0.2) is 30.5 Å². The quantitative estimate of drug-likeness (QED) is 0.256. The van der Waals surface area contributed by atoms with E-state index in [2.05, 4.69) is 25.9 Å². The fourth-order valence-corrected chi connectivity index (χ4v) is 6.38. The minimum Gasteiger partial charge on any atom is -0.373 e. The van der Waals surface area contributed by atoms with E-state index in [0.717, 1.165) is 38.8 Å². The van der Waals surface area contributed by atoms with Crippen LogP contribution in [-0.4, -0.2) is 87.7 Å². The lowest BCUT2D eigenvalue weighted by Gasteiger charge is -2.36. The zero-order chi connectivity index (χ0) is 31.5. The van der Waals surface area contributed by atoms with E-state index >= 15 is 4.39 Å². The third-order valence-electron chi connectivity index (χ3n) is 9.47. The molecule has 2 aromatic rings. The van der Waals surface area contributed by atoms with Crippen molar-refractivity contribution in [3.8, 4) is 0 Å². The number of piperazine rings is 1. The van der Waals surface area contributed by atoms with Gasteiger partial charge in [-0.1, -0.05) is 19.9 Å². The fourth-order valence-electron chi connectivity index (χ4n) is 6.38. The van der Waals surface area contributed by atoms with E-state index in [1.807, 2.05) is 7.05 Å². The first kappa shape index (κ1) is 32.1. The number of halogens is 1. The summed E-state index contributed by atoms with van der Waals surface area (Å²) in [5, 5.41) is 23.9. The molecule has 3 fully saturated rings. The number of aliphatic hydroxyl groups is 1. The maximum absolute atomic E-state index is 15.6. The highest BCUT2D eigenvalue weighted by molar-refractivity contribution is 5.95. The molecule has 0 spiro atoms. The summed E-state index contributed by atoms with van der Waals surface area (Å²) in [4.78, 5) is 43.6. The maximum Gasteiger partial charge on any atom is 0.245 e. The Morgan fingerprint density at radius 3 is 2.23 bits per heavy atom. The largest absolute Gasteiger partial charge is 0.373 e. The van der Waals surface area contributed by atoms with Crippen molar-refractivity contribution in [2.75, 3.05) is 38.5 Å². The number of anilines is 1. The predicted molar refractivity (Wildman–Crippen MR) is 164 cm³/mol. The van der Waals surface area contributed by atoms with Crippen molar-refractivity contribution in [2.45, 2.75) is 70.2 Å². The lowest BCUT2D eigenvalue weighted by molar-refractivity contribution is -0.138. The normalized spacial score (nSPS) is 20.2. The molecule has 0 radical (unpaired) electrons. The van der Waals surface area contributed by atoms with E-state index in [1.54, 1.807) is 48.8 Å². The summed E-state index contributed by atoms with van der Waals surface area (Å²) in [5.74, 6) is -1.13. The predicted octanol–water partition coefficient (Wildman–Crippen LogP) is 2.36. The number of carbonyl (C=O) groups is 3. The number of nitrogens with one attached hydrogen (secondary N) is 3. The van der Waals surface area contributed by atoms with E-state index in [-0.39, 0.29) is 29.8 Å². The summed E-state index contributed by atoms with van der Waals surface area (Å²) in [6.45, 7) is 6.14. The molecule has 5 rings (SSSR count). The molecule has 3 amide bonds. The zero-order valence-corrected chi connectivity index (χ0v) is 26.1. The van der Waals surface area contributed by atoms with Gasteiger partial charge in [-0.3, -0.25) is 24.4 Å². The van der Waals surface area contributed by atoms with Crippen molar-refractivity contribution in [3.05, 3.63) is 47.5 Å². The minimum atomic E-state index is -1.11. The minimum absolute atomic E-state index is 0.0256. The Bertz CT molecular complexity index is 1320.